The molecule has 7 nitrogen and oxygen atoms in total. The summed E-state index contributed by atoms with van der Waals surface area (Å²) < 4.78 is 4.60. The van der Waals surface area contributed by atoms with Gasteiger partial charge in [0.2, 0.25) is 0 Å². The molecule has 26 heavy (non-hydrogen) atoms. The number of carbonyl (C=O) groups is 2. The van der Waals surface area contributed by atoms with E-state index in [0.29, 0.717) is 11.6 Å². The quantitative estimate of drug-likeness (QED) is 0.435. The van der Waals surface area contributed by atoms with Crippen LogP contribution < -0.4 is 0 Å². The smallest absolute Gasteiger partial charge is 0.338 e. The van der Waals surface area contributed by atoms with E-state index in [9.17, 15) is 19.7 Å². The Morgan fingerprint density at radius 3 is 2.42 bits per heavy atom. The van der Waals surface area contributed by atoms with Crippen LogP contribution in [0.4, 0.5) is 5.69 Å². The van der Waals surface area contributed by atoms with Crippen LogP contribution >= 0.6 is 11.6 Å². The molecule has 1 amide bonds. The van der Waals surface area contributed by atoms with Crippen molar-refractivity contribution in [1.29, 1.82) is 0 Å². The number of carbonyl (C=O) groups excluding carboxylic acids is 2. The highest BCUT2D eigenvalue weighted by Crippen LogP contribution is 2.22. The van der Waals surface area contributed by atoms with E-state index in [-0.39, 0.29) is 23.4 Å². The van der Waals surface area contributed by atoms with Crippen LogP contribution in [0.3, 0.4) is 0 Å². The van der Waals surface area contributed by atoms with Crippen molar-refractivity contribution < 1.29 is 19.2 Å². The number of halogens is 1. The molecule has 0 aliphatic heterocycles. The van der Waals surface area contributed by atoms with E-state index in [0.717, 1.165) is 17.7 Å². The van der Waals surface area contributed by atoms with E-state index in [4.69, 9.17) is 11.6 Å². The molecule has 0 heterocycles. The molecule has 0 radical (unpaired) electrons. The number of hydrogen-bond donors (Lipinski definition) is 0. The van der Waals surface area contributed by atoms with Crippen molar-refractivity contribution in [3.8, 4) is 0 Å². The maximum Gasteiger partial charge on any atom is 0.338 e. The molecule has 2 rings (SSSR count). The Morgan fingerprint density at radius 2 is 1.85 bits per heavy atom. The minimum Gasteiger partial charge on any atom is -0.465 e. The summed E-state index contributed by atoms with van der Waals surface area (Å²) in [4.78, 5) is 36.5. The van der Waals surface area contributed by atoms with E-state index in [1.54, 1.807) is 25.1 Å². The fraction of sp³-hybridized carbons (Fsp3) is 0.222. The zero-order chi connectivity index (χ0) is 19.3. The Labute approximate surface area is 155 Å². The van der Waals surface area contributed by atoms with Gasteiger partial charge in [0.05, 0.1) is 17.6 Å². The zero-order valence-corrected chi connectivity index (χ0v) is 15.0. The van der Waals surface area contributed by atoms with Gasteiger partial charge in [-0.3, -0.25) is 14.9 Å². The third-order valence-corrected chi connectivity index (χ3v) is 4.15. The van der Waals surface area contributed by atoms with Gasteiger partial charge in [0, 0.05) is 35.8 Å². The van der Waals surface area contributed by atoms with E-state index in [2.05, 4.69) is 4.74 Å². The number of nitro groups is 1. The summed E-state index contributed by atoms with van der Waals surface area (Å²) in [6, 6.07) is 10.6. The third kappa shape index (κ3) is 4.37. The van der Waals surface area contributed by atoms with Gasteiger partial charge >= 0.3 is 5.97 Å². The predicted molar refractivity (Wildman–Crippen MR) is 96.3 cm³/mol. The summed E-state index contributed by atoms with van der Waals surface area (Å²) in [5.41, 5.74) is 0.375. The highest BCUT2D eigenvalue weighted by molar-refractivity contribution is 6.31. The highest BCUT2D eigenvalue weighted by atomic mass is 35.5. The van der Waals surface area contributed by atoms with Crippen LogP contribution in [0.2, 0.25) is 5.02 Å². The molecule has 0 N–H and O–H groups in total. The standard InChI is InChI=1S/C18H17ClN2O5/c1-3-20(11-12-6-4-5-7-16(12)19)17(22)13-8-14(18(23)26-2)10-15(9-13)21(24)25/h4-10H,3,11H2,1-2H3. The van der Waals surface area contributed by atoms with E-state index in [1.165, 1.54) is 18.1 Å². The lowest BCUT2D eigenvalue weighted by Gasteiger charge is -2.22. The molecule has 0 saturated heterocycles. The maximum atomic E-state index is 12.8. The number of nitro benzene ring substituents is 1. The molecule has 0 spiro atoms. The molecule has 0 unspecified atom stereocenters. The minimum atomic E-state index is -0.753. The Bertz CT molecular complexity index is 853. The largest absolute Gasteiger partial charge is 0.465 e. The van der Waals surface area contributed by atoms with Crippen molar-refractivity contribution in [2.24, 2.45) is 0 Å². The molecular weight excluding hydrogens is 360 g/mol. The molecule has 0 aromatic heterocycles. The fourth-order valence-corrected chi connectivity index (χ4v) is 2.61. The Hall–Kier alpha value is -2.93. The number of rotatable bonds is 6. The summed E-state index contributed by atoms with van der Waals surface area (Å²) in [6.07, 6.45) is 0. The molecule has 2 aromatic carbocycles. The lowest BCUT2D eigenvalue weighted by Crippen LogP contribution is -2.30. The van der Waals surface area contributed by atoms with Crippen LogP contribution in [0.15, 0.2) is 42.5 Å². The first kappa shape index (κ1) is 19.4. The molecule has 0 atom stereocenters. The first-order valence-electron chi connectivity index (χ1n) is 7.77. The molecule has 0 aliphatic rings. The normalized spacial score (nSPS) is 10.3. The molecule has 2 aromatic rings. The van der Waals surface area contributed by atoms with Gasteiger partial charge in [0.25, 0.3) is 11.6 Å². The Morgan fingerprint density at radius 1 is 1.19 bits per heavy atom. The molecule has 0 saturated carbocycles. The first-order chi connectivity index (χ1) is 12.4. The minimum absolute atomic E-state index is 0.0357. The van der Waals surface area contributed by atoms with Gasteiger partial charge in [0.15, 0.2) is 0 Å². The van der Waals surface area contributed by atoms with Crippen molar-refractivity contribution in [1.82, 2.24) is 4.90 Å². The van der Waals surface area contributed by atoms with Crippen LogP contribution in [-0.2, 0) is 11.3 Å². The topological polar surface area (TPSA) is 89.8 Å². The summed E-state index contributed by atoms with van der Waals surface area (Å²) in [6.45, 7) is 2.39. The molecule has 0 bridgehead atoms. The lowest BCUT2D eigenvalue weighted by molar-refractivity contribution is -0.384. The second-order valence-electron chi connectivity index (χ2n) is 5.43. The van der Waals surface area contributed by atoms with Gasteiger partial charge in [-0.25, -0.2) is 4.79 Å². The van der Waals surface area contributed by atoms with Crippen LogP contribution in [0.5, 0.6) is 0 Å². The number of esters is 1. The van der Waals surface area contributed by atoms with Crippen molar-refractivity contribution in [2.75, 3.05) is 13.7 Å². The number of amides is 1. The van der Waals surface area contributed by atoms with Gasteiger partial charge in [-0.2, -0.15) is 0 Å². The van der Waals surface area contributed by atoms with Crippen LogP contribution in [0, 0.1) is 10.1 Å². The van der Waals surface area contributed by atoms with E-state index in [1.807, 2.05) is 6.07 Å². The predicted octanol–water partition coefficient (Wildman–Crippen LogP) is 3.70. The monoisotopic (exact) mass is 376 g/mol. The van der Waals surface area contributed by atoms with Gasteiger partial charge in [0.1, 0.15) is 0 Å². The number of ether oxygens (including phenoxy) is 1. The summed E-state index contributed by atoms with van der Waals surface area (Å²) >= 11 is 6.14. The number of benzene rings is 2. The Balaban J connectivity index is 2.39. The number of non-ortho nitro benzene ring substituents is 1. The maximum absolute atomic E-state index is 12.8. The average Bonchev–Trinajstić information content (AvgIpc) is 2.65. The Kier molecular flexibility index (Phi) is 6.30. The zero-order valence-electron chi connectivity index (χ0n) is 14.3. The van der Waals surface area contributed by atoms with Gasteiger partial charge < -0.3 is 9.64 Å². The molecule has 136 valence electrons. The second kappa shape index (κ2) is 8.44. The van der Waals surface area contributed by atoms with Crippen molar-refractivity contribution in [2.45, 2.75) is 13.5 Å². The molecular formula is C18H17ClN2O5. The van der Waals surface area contributed by atoms with Gasteiger partial charge in [-0.15, -0.1) is 0 Å². The second-order valence-corrected chi connectivity index (χ2v) is 5.84. The number of methoxy groups -OCH3 is 1. The highest BCUT2D eigenvalue weighted by Gasteiger charge is 2.22. The van der Waals surface area contributed by atoms with Crippen LogP contribution in [0.1, 0.15) is 33.2 Å². The van der Waals surface area contributed by atoms with Gasteiger partial charge in [-0.1, -0.05) is 29.8 Å². The molecule has 8 heteroatoms. The van der Waals surface area contributed by atoms with Crippen molar-refractivity contribution in [3.05, 3.63) is 74.3 Å². The lowest BCUT2D eigenvalue weighted by atomic mass is 10.1. The van der Waals surface area contributed by atoms with Crippen molar-refractivity contribution in [3.63, 3.8) is 0 Å². The van der Waals surface area contributed by atoms with Crippen molar-refractivity contribution >= 4 is 29.2 Å². The SMILES string of the molecule is CCN(Cc1ccccc1Cl)C(=O)c1cc(C(=O)OC)cc([N+](=O)[O-])c1. The van der Waals surface area contributed by atoms with Crippen LogP contribution in [-0.4, -0.2) is 35.4 Å². The molecule has 0 aliphatic carbocycles. The van der Waals surface area contributed by atoms with Crippen LogP contribution in [0.25, 0.3) is 0 Å². The summed E-state index contributed by atoms with van der Waals surface area (Å²) in [5.74, 6) is -1.20. The first-order valence-corrected chi connectivity index (χ1v) is 8.15. The van der Waals surface area contributed by atoms with E-state index >= 15 is 0 Å². The number of hydrogen-bond acceptors (Lipinski definition) is 5. The van der Waals surface area contributed by atoms with E-state index < -0.39 is 16.8 Å². The fourth-order valence-electron chi connectivity index (χ4n) is 2.42. The summed E-state index contributed by atoms with van der Waals surface area (Å²) in [7, 11) is 1.17. The number of nitrogens with zero attached hydrogens (tertiary/aromatic N) is 2. The van der Waals surface area contributed by atoms with Gasteiger partial charge in [-0.05, 0) is 24.6 Å². The molecule has 0 fully saturated rings. The third-order valence-electron chi connectivity index (χ3n) is 3.78. The summed E-state index contributed by atoms with van der Waals surface area (Å²) in [5, 5.41) is 11.6. The average molecular weight is 377 g/mol.